The van der Waals surface area contributed by atoms with Crippen LogP contribution in [-0.2, 0) is 9.47 Å². The number of benzene rings is 1. The molecule has 4 rings (SSSR count). The summed E-state index contributed by atoms with van der Waals surface area (Å²) in [4.78, 5) is 57.7. The molecule has 4 aromatic rings. The molecule has 0 saturated carbocycles. The van der Waals surface area contributed by atoms with Crippen LogP contribution in [0.4, 0.5) is 0 Å². The number of aromatic amines is 1. The molecule has 10 nitrogen and oxygen atoms in total. The molecule has 1 N–H and O–H groups in total. The van der Waals surface area contributed by atoms with Crippen molar-refractivity contribution in [2.75, 3.05) is 13.2 Å². The summed E-state index contributed by atoms with van der Waals surface area (Å²) in [5.41, 5.74) is -1.21. The number of hydrogen-bond acceptors (Lipinski definition) is 7. The summed E-state index contributed by atoms with van der Waals surface area (Å²) >= 11 is 0. The second-order valence-electron chi connectivity index (χ2n) is 6.26. The van der Waals surface area contributed by atoms with Gasteiger partial charge < -0.3 is 9.47 Å². The van der Waals surface area contributed by atoms with Crippen LogP contribution in [0.15, 0.2) is 46.2 Å². The van der Waals surface area contributed by atoms with Gasteiger partial charge in [-0.3, -0.25) is 0 Å². The fourth-order valence-electron chi connectivity index (χ4n) is 3.27. The van der Waals surface area contributed by atoms with Crippen LogP contribution in [0.3, 0.4) is 0 Å². The van der Waals surface area contributed by atoms with Crippen LogP contribution >= 0.6 is 0 Å². The molecule has 0 fully saturated rings. The van der Waals surface area contributed by atoms with Gasteiger partial charge in [0.2, 0.25) is 5.65 Å². The second kappa shape index (κ2) is 7.39. The highest BCUT2D eigenvalue weighted by molar-refractivity contribution is 5.95. The van der Waals surface area contributed by atoms with Crippen molar-refractivity contribution in [1.29, 1.82) is 0 Å². The maximum absolute atomic E-state index is 13.1. The zero-order valence-electron chi connectivity index (χ0n) is 16.2. The van der Waals surface area contributed by atoms with E-state index in [1.807, 2.05) is 0 Å². The van der Waals surface area contributed by atoms with Crippen LogP contribution in [0.25, 0.3) is 22.3 Å². The lowest BCUT2D eigenvalue weighted by Crippen LogP contribution is -2.35. The van der Waals surface area contributed by atoms with E-state index in [9.17, 15) is 19.2 Å². The van der Waals surface area contributed by atoms with E-state index in [1.54, 1.807) is 38.1 Å². The molecule has 0 saturated heterocycles. The van der Waals surface area contributed by atoms with Gasteiger partial charge in [0.05, 0.1) is 31.0 Å². The van der Waals surface area contributed by atoms with Crippen molar-refractivity contribution in [3.63, 3.8) is 0 Å². The van der Waals surface area contributed by atoms with Gasteiger partial charge in [0.25, 0.3) is 0 Å². The molecule has 0 unspecified atom stereocenters. The fourth-order valence-corrected chi connectivity index (χ4v) is 3.27. The van der Waals surface area contributed by atoms with Crippen LogP contribution in [0.2, 0.25) is 0 Å². The minimum absolute atomic E-state index is 0.0328. The summed E-state index contributed by atoms with van der Waals surface area (Å²) in [7, 11) is 0. The van der Waals surface area contributed by atoms with Gasteiger partial charge in [-0.15, -0.1) is 4.40 Å². The largest absolute Gasteiger partial charge is 0.462 e. The summed E-state index contributed by atoms with van der Waals surface area (Å²) in [5.74, 6) is -1.57. The fraction of sp³-hybridized carbons (Fsp3) is 0.200. The zero-order chi connectivity index (χ0) is 21.4. The number of nitrogens with zero attached hydrogens (tertiary/aromatic N) is 3. The monoisotopic (exact) mass is 409 g/mol. The molecular formula is C20H17N4O6+. The van der Waals surface area contributed by atoms with E-state index < -0.39 is 23.1 Å². The van der Waals surface area contributed by atoms with Gasteiger partial charge in [0.1, 0.15) is 5.52 Å². The average molecular weight is 409 g/mol. The Hall–Kier alpha value is -4.08. The molecule has 0 amide bonds. The first kappa shape index (κ1) is 19.2. The lowest BCUT2D eigenvalue weighted by atomic mass is 10.2. The van der Waals surface area contributed by atoms with E-state index in [2.05, 4.69) is 9.97 Å². The number of esters is 2. The third-order valence-electron chi connectivity index (χ3n) is 4.54. The number of H-pyrrole nitrogens is 1. The van der Waals surface area contributed by atoms with Crippen molar-refractivity contribution in [2.45, 2.75) is 13.8 Å². The van der Waals surface area contributed by atoms with Gasteiger partial charge in [-0.2, -0.15) is 4.40 Å². The summed E-state index contributed by atoms with van der Waals surface area (Å²) in [5, 5.41) is 0.481. The van der Waals surface area contributed by atoms with Crippen molar-refractivity contribution in [3.8, 4) is 0 Å². The van der Waals surface area contributed by atoms with Gasteiger partial charge in [-0.1, -0.05) is 12.1 Å². The van der Waals surface area contributed by atoms with Crippen molar-refractivity contribution in [3.05, 3.63) is 68.5 Å². The zero-order valence-corrected chi connectivity index (χ0v) is 16.2. The number of carbonyl (C=O) groups excluding carboxylic acids is 2. The van der Waals surface area contributed by atoms with Crippen molar-refractivity contribution < 1.29 is 24.0 Å². The Kier molecular flexibility index (Phi) is 4.74. The van der Waals surface area contributed by atoms with Crippen molar-refractivity contribution in [1.82, 2.24) is 13.8 Å². The van der Waals surface area contributed by atoms with Crippen LogP contribution in [-0.4, -0.2) is 38.9 Å². The van der Waals surface area contributed by atoms with Gasteiger partial charge in [0.15, 0.2) is 11.1 Å². The highest BCUT2D eigenvalue weighted by Crippen LogP contribution is 2.18. The molecule has 0 bridgehead atoms. The number of rotatable bonds is 4. The Morgan fingerprint density at radius 3 is 2.30 bits per heavy atom. The van der Waals surface area contributed by atoms with Crippen LogP contribution in [0.5, 0.6) is 0 Å². The molecule has 3 aromatic heterocycles. The van der Waals surface area contributed by atoms with Gasteiger partial charge in [-0.25, -0.2) is 29.1 Å². The molecule has 0 aliphatic carbocycles. The number of para-hydroxylation sites is 1. The van der Waals surface area contributed by atoms with E-state index in [0.29, 0.717) is 10.9 Å². The molecule has 30 heavy (non-hydrogen) atoms. The normalized spacial score (nSPS) is 11.1. The van der Waals surface area contributed by atoms with Crippen LogP contribution < -0.4 is 16.1 Å². The van der Waals surface area contributed by atoms with Crippen molar-refractivity contribution >= 4 is 34.3 Å². The third-order valence-corrected chi connectivity index (χ3v) is 4.54. The van der Waals surface area contributed by atoms with Gasteiger partial charge in [-0.05, 0) is 26.0 Å². The van der Waals surface area contributed by atoms with Crippen LogP contribution in [0.1, 0.15) is 34.6 Å². The minimum Gasteiger partial charge on any atom is -0.462 e. The predicted octanol–water partition coefficient (Wildman–Crippen LogP) is 0.628. The van der Waals surface area contributed by atoms with E-state index in [1.165, 1.54) is 10.6 Å². The molecule has 10 heteroatoms. The van der Waals surface area contributed by atoms with E-state index in [0.717, 1.165) is 10.6 Å². The maximum atomic E-state index is 13.1. The highest BCUT2D eigenvalue weighted by atomic mass is 16.5. The van der Waals surface area contributed by atoms with E-state index >= 15 is 0 Å². The number of ether oxygens (including phenoxy) is 2. The van der Waals surface area contributed by atoms with Gasteiger partial charge >= 0.3 is 28.8 Å². The molecular weight excluding hydrogens is 392 g/mol. The Morgan fingerprint density at radius 2 is 1.60 bits per heavy atom. The highest BCUT2D eigenvalue weighted by Gasteiger charge is 2.26. The summed E-state index contributed by atoms with van der Waals surface area (Å²) in [6.45, 7) is 3.45. The number of hydrogen-bond donors (Lipinski definition) is 0. The molecule has 0 aliphatic rings. The number of fused-ring (bicyclic) bond motifs is 6. The number of nitrogens with one attached hydrogen (secondary N) is 1. The summed E-state index contributed by atoms with van der Waals surface area (Å²) < 4.78 is 12.2. The Morgan fingerprint density at radius 1 is 0.967 bits per heavy atom. The third kappa shape index (κ3) is 2.81. The molecule has 0 atom stereocenters. The molecule has 0 aliphatic heterocycles. The van der Waals surface area contributed by atoms with E-state index in [4.69, 9.17) is 9.47 Å². The minimum atomic E-state index is -0.818. The molecule has 3 heterocycles. The van der Waals surface area contributed by atoms with E-state index in [-0.39, 0.29) is 35.8 Å². The first-order valence-electron chi connectivity index (χ1n) is 9.23. The summed E-state index contributed by atoms with van der Waals surface area (Å²) in [6, 6.07) is 6.79. The SMILES string of the molecule is CCOC(=O)c1c[nH+]c2n(c1=O)c1ccccc1c1ncc(C(=O)OCC)c(=O)n12. The first-order chi connectivity index (χ1) is 14.5. The van der Waals surface area contributed by atoms with Crippen molar-refractivity contribution in [2.24, 2.45) is 0 Å². The average Bonchev–Trinajstić information content (AvgIpc) is 2.74. The Balaban J connectivity index is 2.21. The molecule has 0 radical (unpaired) electrons. The quantitative estimate of drug-likeness (QED) is 0.358. The molecule has 0 spiro atoms. The number of carbonyl (C=O) groups is 2. The lowest BCUT2D eigenvalue weighted by molar-refractivity contribution is -0.354. The second-order valence-corrected chi connectivity index (χ2v) is 6.26. The number of aromatic nitrogens is 4. The Labute approximate surface area is 168 Å². The molecule has 152 valence electrons. The van der Waals surface area contributed by atoms with Gasteiger partial charge in [0, 0.05) is 0 Å². The predicted molar refractivity (Wildman–Crippen MR) is 105 cm³/mol. The smallest absolute Gasteiger partial charge is 0.379 e. The maximum Gasteiger partial charge on any atom is 0.379 e. The van der Waals surface area contributed by atoms with Crippen LogP contribution in [0, 0.1) is 0 Å². The topological polar surface area (TPSA) is 123 Å². The standard InChI is InChI=1S/C20H16N4O6/c1-3-29-18(27)12-9-21-15-11-7-5-6-8-14(11)23-16(25)13(19(28)30-4-2)10-22-20(23)24(15)17(12)26/h5-10H,3-4H2,1-2H3/p+1. The first-order valence-corrected chi connectivity index (χ1v) is 9.23. The Bertz CT molecular complexity index is 1390. The molecule has 1 aromatic carbocycles. The lowest BCUT2D eigenvalue weighted by Gasteiger charge is -2.07. The summed E-state index contributed by atoms with van der Waals surface area (Å²) in [6.07, 6.45) is 2.33.